The van der Waals surface area contributed by atoms with Crippen molar-refractivity contribution in [1.82, 2.24) is 0 Å². The molecule has 35 heavy (non-hydrogen) atoms. The SMILES string of the molecule is CCCCCCOc1ccc2ccccc2c1-c1c(OCCCCCC)c(I)cc2ccccc12. The van der Waals surface area contributed by atoms with Crippen molar-refractivity contribution in [3.63, 3.8) is 0 Å². The zero-order valence-corrected chi connectivity index (χ0v) is 23.3. The van der Waals surface area contributed by atoms with Crippen molar-refractivity contribution in [3.8, 4) is 22.6 Å². The van der Waals surface area contributed by atoms with Crippen LogP contribution in [0.5, 0.6) is 11.5 Å². The summed E-state index contributed by atoms with van der Waals surface area (Å²) in [7, 11) is 0. The van der Waals surface area contributed by atoms with Crippen LogP contribution in [-0.2, 0) is 0 Å². The first-order valence-corrected chi connectivity index (χ1v) is 14.3. The summed E-state index contributed by atoms with van der Waals surface area (Å²) in [5, 5.41) is 4.87. The van der Waals surface area contributed by atoms with Gasteiger partial charge in [-0.3, -0.25) is 0 Å². The summed E-state index contributed by atoms with van der Waals surface area (Å²) in [5.74, 6) is 1.93. The van der Waals surface area contributed by atoms with E-state index in [4.69, 9.17) is 9.47 Å². The van der Waals surface area contributed by atoms with Gasteiger partial charge in [-0.2, -0.15) is 0 Å². The molecule has 0 saturated heterocycles. The summed E-state index contributed by atoms with van der Waals surface area (Å²) < 4.78 is 14.2. The van der Waals surface area contributed by atoms with E-state index in [1.807, 2.05) is 0 Å². The molecule has 0 aliphatic rings. The molecule has 184 valence electrons. The van der Waals surface area contributed by atoms with Crippen molar-refractivity contribution in [3.05, 3.63) is 70.3 Å². The van der Waals surface area contributed by atoms with E-state index in [9.17, 15) is 0 Å². The van der Waals surface area contributed by atoms with Crippen molar-refractivity contribution in [2.24, 2.45) is 0 Å². The molecule has 0 aromatic heterocycles. The molecule has 0 heterocycles. The number of fused-ring (bicyclic) bond motifs is 2. The Morgan fingerprint density at radius 1 is 0.600 bits per heavy atom. The molecule has 4 rings (SSSR count). The molecule has 0 bridgehead atoms. The largest absolute Gasteiger partial charge is 0.493 e. The topological polar surface area (TPSA) is 18.5 Å². The molecule has 0 N–H and O–H groups in total. The van der Waals surface area contributed by atoms with Gasteiger partial charge in [-0.05, 0) is 69.1 Å². The van der Waals surface area contributed by atoms with Crippen LogP contribution in [0.1, 0.15) is 65.2 Å². The molecular formula is C32H37IO2. The van der Waals surface area contributed by atoms with E-state index in [0.717, 1.165) is 52.3 Å². The van der Waals surface area contributed by atoms with Crippen LogP contribution < -0.4 is 9.47 Å². The standard InChI is InChI=1S/C32H37IO2/c1-3-5-7-13-21-34-29-20-19-24-15-9-11-17-26(24)30(29)31-27-18-12-10-16-25(27)23-28(33)32(31)35-22-14-8-6-4-2/h9-12,15-20,23H,3-8,13-14,21-22H2,1-2H3. The first kappa shape index (κ1) is 25.8. The number of benzene rings is 4. The maximum Gasteiger partial charge on any atom is 0.141 e. The Morgan fingerprint density at radius 2 is 1.20 bits per heavy atom. The highest BCUT2D eigenvalue weighted by molar-refractivity contribution is 14.1. The van der Waals surface area contributed by atoms with Gasteiger partial charge in [-0.25, -0.2) is 0 Å². The molecular weight excluding hydrogens is 543 g/mol. The van der Waals surface area contributed by atoms with Crippen molar-refractivity contribution in [2.45, 2.75) is 65.2 Å². The zero-order valence-electron chi connectivity index (χ0n) is 21.1. The quantitative estimate of drug-likeness (QED) is 0.116. The summed E-state index contributed by atoms with van der Waals surface area (Å²) in [6.07, 6.45) is 9.53. The summed E-state index contributed by atoms with van der Waals surface area (Å²) >= 11 is 2.44. The van der Waals surface area contributed by atoms with Crippen molar-refractivity contribution in [2.75, 3.05) is 13.2 Å². The Kier molecular flexibility index (Phi) is 9.70. The van der Waals surface area contributed by atoms with Crippen LogP contribution in [0.25, 0.3) is 32.7 Å². The van der Waals surface area contributed by atoms with Gasteiger partial charge in [-0.1, -0.05) is 107 Å². The van der Waals surface area contributed by atoms with Crippen LogP contribution in [0, 0.1) is 3.57 Å². The van der Waals surface area contributed by atoms with Crippen molar-refractivity contribution >= 4 is 44.1 Å². The van der Waals surface area contributed by atoms with E-state index in [1.165, 1.54) is 60.1 Å². The summed E-state index contributed by atoms with van der Waals surface area (Å²) in [6.45, 7) is 5.96. The third-order valence-electron chi connectivity index (χ3n) is 6.60. The average molecular weight is 581 g/mol. The predicted molar refractivity (Wildman–Crippen MR) is 159 cm³/mol. The van der Waals surface area contributed by atoms with E-state index < -0.39 is 0 Å². The minimum absolute atomic E-state index is 0.735. The molecule has 0 aliphatic carbocycles. The smallest absolute Gasteiger partial charge is 0.141 e. The number of halogens is 1. The lowest BCUT2D eigenvalue weighted by molar-refractivity contribution is 0.301. The molecule has 4 aromatic carbocycles. The Hall–Kier alpha value is -2.27. The lowest BCUT2D eigenvalue weighted by Gasteiger charge is -2.21. The molecule has 0 fully saturated rings. The van der Waals surface area contributed by atoms with E-state index in [1.54, 1.807) is 0 Å². The van der Waals surface area contributed by atoms with Gasteiger partial charge in [0, 0.05) is 11.1 Å². The van der Waals surface area contributed by atoms with Crippen molar-refractivity contribution in [1.29, 1.82) is 0 Å². The van der Waals surface area contributed by atoms with Gasteiger partial charge in [-0.15, -0.1) is 0 Å². The van der Waals surface area contributed by atoms with Gasteiger partial charge < -0.3 is 9.47 Å². The Labute approximate surface area is 224 Å². The second-order valence-electron chi connectivity index (χ2n) is 9.26. The highest BCUT2D eigenvalue weighted by Crippen LogP contribution is 2.47. The van der Waals surface area contributed by atoms with E-state index in [0.29, 0.717) is 0 Å². The molecule has 0 atom stereocenters. The maximum absolute atomic E-state index is 6.58. The summed E-state index contributed by atoms with van der Waals surface area (Å²) in [5.41, 5.74) is 2.31. The third kappa shape index (κ3) is 6.30. The highest BCUT2D eigenvalue weighted by atomic mass is 127. The first-order chi connectivity index (χ1) is 17.2. The van der Waals surface area contributed by atoms with Crippen LogP contribution >= 0.6 is 22.6 Å². The van der Waals surface area contributed by atoms with Crippen LogP contribution in [-0.4, -0.2) is 13.2 Å². The zero-order chi connectivity index (χ0) is 24.5. The summed E-state index contributed by atoms with van der Waals surface area (Å²) in [6, 6.07) is 23.9. The van der Waals surface area contributed by atoms with Crippen molar-refractivity contribution < 1.29 is 9.47 Å². The number of unbranched alkanes of at least 4 members (excludes halogenated alkanes) is 6. The lowest BCUT2D eigenvalue weighted by atomic mass is 9.92. The number of hydrogen-bond acceptors (Lipinski definition) is 2. The molecule has 2 nitrogen and oxygen atoms in total. The van der Waals surface area contributed by atoms with E-state index in [-0.39, 0.29) is 0 Å². The second kappa shape index (κ2) is 13.2. The second-order valence-corrected chi connectivity index (χ2v) is 10.4. The monoisotopic (exact) mass is 580 g/mol. The van der Waals surface area contributed by atoms with Crippen LogP contribution in [0.3, 0.4) is 0 Å². The Bertz CT molecular complexity index is 1250. The van der Waals surface area contributed by atoms with Gasteiger partial charge in [0.15, 0.2) is 0 Å². The lowest BCUT2D eigenvalue weighted by Crippen LogP contribution is -2.04. The fourth-order valence-corrected chi connectivity index (χ4v) is 5.49. The van der Waals surface area contributed by atoms with Gasteiger partial charge >= 0.3 is 0 Å². The van der Waals surface area contributed by atoms with Gasteiger partial charge in [0.1, 0.15) is 11.5 Å². The Morgan fingerprint density at radius 3 is 1.89 bits per heavy atom. The Balaban J connectivity index is 1.84. The number of rotatable bonds is 13. The minimum atomic E-state index is 0.735. The molecule has 0 aliphatic heterocycles. The normalized spacial score (nSPS) is 11.3. The molecule has 0 amide bonds. The first-order valence-electron chi connectivity index (χ1n) is 13.2. The van der Waals surface area contributed by atoms with Crippen LogP contribution in [0.2, 0.25) is 0 Å². The summed E-state index contributed by atoms with van der Waals surface area (Å²) in [4.78, 5) is 0. The average Bonchev–Trinajstić information content (AvgIpc) is 2.88. The number of hydrogen-bond donors (Lipinski definition) is 0. The molecule has 4 aromatic rings. The molecule has 0 unspecified atom stereocenters. The fraction of sp³-hybridized carbons (Fsp3) is 0.375. The number of ether oxygens (including phenoxy) is 2. The van der Waals surface area contributed by atoms with Crippen LogP contribution in [0.4, 0.5) is 0 Å². The molecule has 0 spiro atoms. The van der Waals surface area contributed by atoms with Gasteiger partial charge in [0.05, 0.1) is 16.8 Å². The predicted octanol–water partition coefficient (Wildman–Crippen LogP) is 10.2. The molecule has 0 radical (unpaired) electrons. The highest BCUT2D eigenvalue weighted by Gasteiger charge is 2.21. The molecule has 3 heteroatoms. The van der Waals surface area contributed by atoms with Crippen LogP contribution in [0.15, 0.2) is 66.7 Å². The fourth-order valence-electron chi connectivity index (χ4n) is 4.73. The van der Waals surface area contributed by atoms with E-state index >= 15 is 0 Å². The third-order valence-corrected chi connectivity index (χ3v) is 7.40. The van der Waals surface area contributed by atoms with Gasteiger partial charge in [0.2, 0.25) is 0 Å². The minimum Gasteiger partial charge on any atom is -0.493 e. The van der Waals surface area contributed by atoms with E-state index in [2.05, 4.69) is 103 Å². The maximum atomic E-state index is 6.58. The molecule has 0 saturated carbocycles. The van der Waals surface area contributed by atoms with Gasteiger partial charge in [0.25, 0.3) is 0 Å².